The van der Waals surface area contributed by atoms with Crippen molar-refractivity contribution >= 4 is 33.3 Å². The maximum Gasteiger partial charge on any atom is 0.311 e. The second-order valence-corrected chi connectivity index (χ2v) is 10.00. The standard InChI is InChI=1S/C21H28N2O6S/c1-3-15-5-7-17(8-6-15)23-12-16(11-19(23)24)21(26)29-13-20(25)22(4-2)18-9-10-30(27,28)14-18/h5-8,16,18H,3-4,9-14H2,1-2H3/t16-,18+/m1/s1. The number of nitrogens with zero attached hydrogens (tertiary/aromatic N) is 2. The summed E-state index contributed by atoms with van der Waals surface area (Å²) >= 11 is 0. The molecule has 2 amide bonds. The Balaban J connectivity index is 1.54. The Bertz CT molecular complexity index is 912. The van der Waals surface area contributed by atoms with Crippen LogP contribution in [0.1, 0.15) is 32.3 Å². The van der Waals surface area contributed by atoms with Crippen molar-refractivity contribution in [1.82, 2.24) is 4.90 Å². The van der Waals surface area contributed by atoms with Gasteiger partial charge in [0.2, 0.25) is 5.91 Å². The van der Waals surface area contributed by atoms with Gasteiger partial charge in [0.1, 0.15) is 0 Å². The van der Waals surface area contributed by atoms with Crippen molar-refractivity contribution in [3.05, 3.63) is 29.8 Å². The minimum absolute atomic E-state index is 0.0426. The molecule has 0 aliphatic carbocycles. The number of esters is 1. The van der Waals surface area contributed by atoms with Crippen molar-refractivity contribution in [2.24, 2.45) is 5.92 Å². The van der Waals surface area contributed by atoms with Crippen LogP contribution in [0.5, 0.6) is 0 Å². The molecule has 2 fully saturated rings. The SMILES string of the molecule is CCc1ccc(N2C[C@H](C(=O)OCC(=O)N(CC)[C@H]3CCS(=O)(=O)C3)CC2=O)cc1. The van der Waals surface area contributed by atoms with Gasteiger partial charge in [-0.2, -0.15) is 0 Å². The number of ether oxygens (including phenoxy) is 1. The lowest BCUT2D eigenvalue weighted by molar-refractivity contribution is -0.155. The summed E-state index contributed by atoms with van der Waals surface area (Å²) in [6, 6.07) is 7.26. The van der Waals surface area contributed by atoms with E-state index in [1.807, 2.05) is 24.3 Å². The summed E-state index contributed by atoms with van der Waals surface area (Å²) in [6.07, 6.45) is 1.35. The molecular formula is C21H28N2O6S. The lowest BCUT2D eigenvalue weighted by Gasteiger charge is -2.26. The third-order valence-corrected chi connectivity index (χ3v) is 7.51. The highest BCUT2D eigenvalue weighted by molar-refractivity contribution is 7.91. The van der Waals surface area contributed by atoms with Crippen LogP contribution >= 0.6 is 0 Å². The first-order valence-electron chi connectivity index (χ1n) is 10.3. The third kappa shape index (κ3) is 5.00. The summed E-state index contributed by atoms with van der Waals surface area (Å²) in [6.45, 7) is 3.94. The largest absolute Gasteiger partial charge is 0.455 e. The highest BCUT2D eigenvalue weighted by Crippen LogP contribution is 2.26. The van der Waals surface area contributed by atoms with E-state index in [0.29, 0.717) is 13.0 Å². The van der Waals surface area contributed by atoms with Gasteiger partial charge in [-0.25, -0.2) is 8.42 Å². The number of hydrogen-bond acceptors (Lipinski definition) is 6. The van der Waals surface area contributed by atoms with Crippen molar-refractivity contribution < 1.29 is 27.5 Å². The second-order valence-electron chi connectivity index (χ2n) is 7.77. The Kier molecular flexibility index (Phi) is 6.80. The average Bonchev–Trinajstić information content (AvgIpc) is 3.29. The van der Waals surface area contributed by atoms with E-state index in [1.54, 1.807) is 11.8 Å². The van der Waals surface area contributed by atoms with Crippen LogP contribution in [0, 0.1) is 5.92 Å². The lowest BCUT2D eigenvalue weighted by Crippen LogP contribution is -2.43. The molecule has 1 aromatic carbocycles. The maximum absolute atomic E-state index is 12.5. The highest BCUT2D eigenvalue weighted by Gasteiger charge is 2.37. The Morgan fingerprint density at radius 3 is 2.47 bits per heavy atom. The Morgan fingerprint density at radius 1 is 1.20 bits per heavy atom. The molecule has 2 heterocycles. The first kappa shape index (κ1) is 22.3. The van der Waals surface area contributed by atoms with Crippen LogP contribution in [0.3, 0.4) is 0 Å². The molecule has 2 atom stereocenters. The second kappa shape index (κ2) is 9.16. The highest BCUT2D eigenvalue weighted by atomic mass is 32.2. The van der Waals surface area contributed by atoms with Gasteiger partial charge in [-0.3, -0.25) is 14.4 Å². The van der Waals surface area contributed by atoms with Gasteiger partial charge in [-0.15, -0.1) is 0 Å². The normalized spacial score (nSPS) is 22.9. The molecule has 30 heavy (non-hydrogen) atoms. The van der Waals surface area contributed by atoms with Gasteiger partial charge >= 0.3 is 5.97 Å². The summed E-state index contributed by atoms with van der Waals surface area (Å²) in [5.74, 6) is -1.76. The van der Waals surface area contributed by atoms with Gasteiger partial charge in [-0.05, 0) is 37.5 Å². The van der Waals surface area contributed by atoms with E-state index in [9.17, 15) is 22.8 Å². The van der Waals surface area contributed by atoms with Crippen LogP contribution in [-0.4, -0.2) is 68.3 Å². The van der Waals surface area contributed by atoms with E-state index in [4.69, 9.17) is 4.74 Å². The van der Waals surface area contributed by atoms with Crippen LogP contribution in [0.4, 0.5) is 5.69 Å². The zero-order chi connectivity index (χ0) is 21.9. The fourth-order valence-corrected chi connectivity index (χ4v) is 5.75. The third-order valence-electron chi connectivity index (χ3n) is 5.76. The number of amides is 2. The molecule has 8 nitrogen and oxygen atoms in total. The zero-order valence-electron chi connectivity index (χ0n) is 17.4. The molecule has 2 aliphatic heterocycles. The molecule has 9 heteroatoms. The Hall–Kier alpha value is -2.42. The van der Waals surface area contributed by atoms with Crippen molar-refractivity contribution in [2.45, 2.75) is 39.2 Å². The molecule has 0 N–H and O–H groups in total. The van der Waals surface area contributed by atoms with Crippen molar-refractivity contribution in [1.29, 1.82) is 0 Å². The molecule has 0 aromatic heterocycles. The number of aryl methyl sites for hydroxylation is 1. The molecule has 2 saturated heterocycles. The average molecular weight is 437 g/mol. The van der Waals surface area contributed by atoms with E-state index < -0.39 is 34.2 Å². The van der Waals surface area contributed by atoms with Crippen LogP contribution in [-0.2, 0) is 35.4 Å². The van der Waals surface area contributed by atoms with Crippen molar-refractivity contribution in [3.63, 3.8) is 0 Å². The summed E-state index contributed by atoms with van der Waals surface area (Å²) in [5.41, 5.74) is 1.90. The zero-order valence-corrected chi connectivity index (χ0v) is 18.2. The number of likely N-dealkylation sites (N-methyl/N-ethyl adjacent to an activating group) is 1. The topological polar surface area (TPSA) is 101 Å². The number of benzene rings is 1. The number of rotatable bonds is 7. The summed E-state index contributed by atoms with van der Waals surface area (Å²) < 4.78 is 28.5. The quantitative estimate of drug-likeness (QED) is 0.595. The number of anilines is 1. The van der Waals surface area contributed by atoms with Crippen LogP contribution in [0.2, 0.25) is 0 Å². The van der Waals surface area contributed by atoms with Gasteiger partial charge in [0, 0.05) is 31.2 Å². The van der Waals surface area contributed by atoms with Gasteiger partial charge in [0.25, 0.3) is 5.91 Å². The summed E-state index contributed by atoms with van der Waals surface area (Å²) in [4.78, 5) is 40.3. The molecule has 3 rings (SSSR count). The summed E-state index contributed by atoms with van der Waals surface area (Å²) in [7, 11) is -3.12. The molecule has 0 spiro atoms. The number of carbonyl (C=O) groups is 3. The van der Waals surface area contributed by atoms with Crippen LogP contribution in [0.15, 0.2) is 24.3 Å². The van der Waals surface area contributed by atoms with E-state index in [0.717, 1.165) is 17.7 Å². The predicted molar refractivity (Wildman–Crippen MR) is 112 cm³/mol. The molecular weight excluding hydrogens is 408 g/mol. The Labute approximate surface area is 177 Å². The van der Waals surface area contributed by atoms with Gasteiger partial charge < -0.3 is 14.5 Å². The molecule has 0 saturated carbocycles. The Morgan fingerprint density at radius 2 is 1.90 bits per heavy atom. The van der Waals surface area contributed by atoms with Gasteiger partial charge in [0.05, 0.1) is 17.4 Å². The van der Waals surface area contributed by atoms with Gasteiger partial charge in [-0.1, -0.05) is 19.1 Å². The van der Waals surface area contributed by atoms with E-state index in [-0.39, 0.29) is 36.4 Å². The summed E-state index contributed by atoms with van der Waals surface area (Å²) in [5, 5.41) is 0. The minimum atomic E-state index is -3.12. The van der Waals surface area contributed by atoms with E-state index in [1.165, 1.54) is 4.90 Å². The molecule has 0 unspecified atom stereocenters. The number of carbonyl (C=O) groups excluding carboxylic acids is 3. The molecule has 0 radical (unpaired) electrons. The minimum Gasteiger partial charge on any atom is -0.455 e. The molecule has 2 aliphatic rings. The van der Waals surface area contributed by atoms with Crippen molar-refractivity contribution in [3.8, 4) is 0 Å². The first-order valence-corrected chi connectivity index (χ1v) is 12.1. The van der Waals surface area contributed by atoms with E-state index >= 15 is 0 Å². The van der Waals surface area contributed by atoms with Gasteiger partial charge in [0.15, 0.2) is 16.4 Å². The first-order chi connectivity index (χ1) is 14.2. The number of hydrogen-bond donors (Lipinski definition) is 0. The predicted octanol–water partition coefficient (Wildman–Crippen LogP) is 1.18. The van der Waals surface area contributed by atoms with Crippen LogP contribution < -0.4 is 4.90 Å². The molecule has 1 aromatic rings. The smallest absolute Gasteiger partial charge is 0.311 e. The maximum atomic E-state index is 12.5. The molecule has 0 bridgehead atoms. The monoisotopic (exact) mass is 436 g/mol. The van der Waals surface area contributed by atoms with Crippen LogP contribution in [0.25, 0.3) is 0 Å². The van der Waals surface area contributed by atoms with Crippen molar-refractivity contribution in [2.75, 3.05) is 36.1 Å². The van der Waals surface area contributed by atoms with E-state index in [2.05, 4.69) is 6.92 Å². The number of sulfone groups is 1. The fraction of sp³-hybridized carbons (Fsp3) is 0.571. The lowest BCUT2D eigenvalue weighted by atomic mass is 10.1. The molecule has 164 valence electrons. The fourth-order valence-electron chi connectivity index (χ4n) is 4.02.